The first-order chi connectivity index (χ1) is 24.9. The molecule has 3 fully saturated rings. The average Bonchev–Trinajstić information content (AvgIpc) is 3.67. The molecule has 0 unspecified atom stereocenters. The number of aryl methyl sites for hydroxylation is 2. The Morgan fingerprint density at radius 1 is 0.962 bits per heavy atom. The van der Waals surface area contributed by atoms with Crippen molar-refractivity contribution in [2.75, 3.05) is 34.7 Å². The highest BCUT2D eigenvalue weighted by molar-refractivity contribution is 5.95. The van der Waals surface area contributed by atoms with Crippen molar-refractivity contribution >= 4 is 17.7 Å². The van der Waals surface area contributed by atoms with Gasteiger partial charge < -0.3 is 24.5 Å². The number of nitriles is 1. The predicted molar refractivity (Wildman–Crippen MR) is 194 cm³/mol. The number of benzene rings is 2. The smallest absolute Gasteiger partial charge is 0.345 e. The maximum absolute atomic E-state index is 13.6. The zero-order chi connectivity index (χ0) is 36.9. The lowest BCUT2D eigenvalue weighted by atomic mass is 9.67. The van der Waals surface area contributed by atoms with Gasteiger partial charge in [-0.1, -0.05) is 31.4 Å². The molecule has 3 aliphatic carbocycles. The topological polar surface area (TPSA) is 145 Å². The number of likely N-dealkylation sites (tertiary alicyclic amines) is 1. The number of fused-ring (bicyclic) bond motifs is 3. The molecule has 1 aliphatic heterocycles. The minimum atomic E-state index is -1.05. The first-order valence-electron chi connectivity index (χ1n) is 18.7. The second-order valence-electron chi connectivity index (χ2n) is 15.7. The second kappa shape index (κ2) is 14.0. The molecular weight excluding hydrogens is 658 g/mol. The standard InChI is InChI=1S/C40H49N7O5/c1-24(42-23-35(48)46-31(22-41)19-29-20-34(29)46)21-40(38-43-39(51)52-47(38)30-9-7-6-8-10-30)32-15-13-27(36(49)44(2)3)17-25(32)11-12-26-18-28(14-16-33(26)40)37(50)45(4)5/h13-18,24,29-31,34,42H,6-12,19-21,23H2,1-5H3/t24-,29+,31-,34-/m0/s1. The number of carbonyl (C=O) groups is 3. The highest BCUT2D eigenvalue weighted by Gasteiger charge is 2.54. The van der Waals surface area contributed by atoms with Gasteiger partial charge in [0.05, 0.1) is 24.1 Å². The molecule has 2 heterocycles. The van der Waals surface area contributed by atoms with E-state index in [-0.39, 0.29) is 42.4 Å². The van der Waals surface area contributed by atoms with Crippen molar-refractivity contribution in [2.24, 2.45) is 5.92 Å². The van der Waals surface area contributed by atoms with Gasteiger partial charge in [-0.2, -0.15) is 15.0 Å². The molecule has 12 heteroatoms. The Balaban J connectivity index is 1.39. The normalized spacial score (nSPS) is 22.3. The number of nitrogens with zero attached hydrogens (tertiary/aromatic N) is 6. The maximum atomic E-state index is 13.6. The molecule has 4 aliphatic rings. The van der Waals surface area contributed by atoms with Crippen LogP contribution in [0, 0.1) is 17.2 Å². The Labute approximate surface area is 304 Å². The van der Waals surface area contributed by atoms with Crippen molar-refractivity contribution in [1.29, 1.82) is 5.26 Å². The quantitative estimate of drug-likeness (QED) is 0.351. The molecular formula is C40H49N7O5. The van der Waals surface area contributed by atoms with Crippen LogP contribution in [0.15, 0.2) is 45.7 Å². The summed E-state index contributed by atoms with van der Waals surface area (Å²) in [5.74, 6) is -0.0596. The largest absolute Gasteiger partial charge is 0.459 e. The summed E-state index contributed by atoms with van der Waals surface area (Å²) in [5.41, 5.74) is 3.80. The lowest BCUT2D eigenvalue weighted by molar-refractivity contribution is -0.131. The van der Waals surface area contributed by atoms with Gasteiger partial charge in [-0.25, -0.2) is 4.79 Å². The highest BCUT2D eigenvalue weighted by atomic mass is 16.5. The second-order valence-corrected chi connectivity index (χ2v) is 15.7. The van der Waals surface area contributed by atoms with Gasteiger partial charge in [0.25, 0.3) is 11.8 Å². The van der Waals surface area contributed by atoms with Crippen molar-refractivity contribution in [1.82, 2.24) is 29.7 Å². The monoisotopic (exact) mass is 707 g/mol. The summed E-state index contributed by atoms with van der Waals surface area (Å²) in [6, 6.07) is 13.3. The van der Waals surface area contributed by atoms with Crippen LogP contribution >= 0.6 is 0 Å². The van der Waals surface area contributed by atoms with E-state index in [1.165, 1.54) is 0 Å². The van der Waals surface area contributed by atoms with E-state index in [4.69, 9.17) is 9.51 Å². The maximum Gasteiger partial charge on any atom is 0.459 e. The number of piperidine rings is 1. The summed E-state index contributed by atoms with van der Waals surface area (Å²) >= 11 is 0. The number of nitrogens with one attached hydrogen (secondary N) is 1. The van der Waals surface area contributed by atoms with Gasteiger partial charge in [0.2, 0.25) is 5.91 Å². The first-order valence-corrected chi connectivity index (χ1v) is 18.7. The summed E-state index contributed by atoms with van der Waals surface area (Å²) in [7, 11) is 6.92. The van der Waals surface area contributed by atoms with Crippen LogP contribution in [0.25, 0.3) is 0 Å². The molecule has 0 spiro atoms. The minimum Gasteiger partial charge on any atom is -0.345 e. The van der Waals surface area contributed by atoms with E-state index in [9.17, 15) is 24.4 Å². The predicted octanol–water partition coefficient (Wildman–Crippen LogP) is 4.06. The molecule has 1 N–H and O–H groups in total. The van der Waals surface area contributed by atoms with Gasteiger partial charge in [0.15, 0.2) is 5.82 Å². The van der Waals surface area contributed by atoms with Gasteiger partial charge in [-0.05, 0) is 104 Å². The summed E-state index contributed by atoms with van der Waals surface area (Å²) in [4.78, 5) is 63.0. The SMILES string of the molecule is C[C@@H](CC1(c2nc(=O)on2C2CCCCC2)c2ccc(C(=O)N(C)C)cc2CCc2cc(C(=O)N(C)C)ccc21)NCC(=O)N1[C@H](C#N)C[C@@H]2C[C@@H]21. The molecule has 52 heavy (non-hydrogen) atoms. The van der Waals surface area contributed by atoms with Crippen molar-refractivity contribution < 1.29 is 18.9 Å². The lowest BCUT2D eigenvalue weighted by Crippen LogP contribution is -2.47. The van der Waals surface area contributed by atoms with E-state index in [0.717, 1.165) is 67.2 Å². The van der Waals surface area contributed by atoms with E-state index in [1.807, 2.05) is 43.3 Å². The van der Waals surface area contributed by atoms with E-state index in [2.05, 4.69) is 11.4 Å². The molecule has 2 aromatic carbocycles. The third-order valence-corrected chi connectivity index (χ3v) is 11.7. The average molecular weight is 708 g/mol. The van der Waals surface area contributed by atoms with Crippen molar-refractivity contribution in [3.63, 3.8) is 0 Å². The summed E-state index contributed by atoms with van der Waals surface area (Å²) < 4.78 is 7.75. The van der Waals surface area contributed by atoms with E-state index >= 15 is 0 Å². The molecule has 4 atom stereocenters. The van der Waals surface area contributed by atoms with Crippen molar-refractivity contribution in [2.45, 2.75) is 101 Å². The fourth-order valence-electron chi connectivity index (χ4n) is 9.13. The molecule has 274 valence electrons. The molecule has 0 radical (unpaired) electrons. The number of aromatic nitrogens is 2. The number of rotatable bonds is 9. The molecule has 1 aromatic heterocycles. The third kappa shape index (κ3) is 6.33. The minimum absolute atomic E-state index is 0.0513. The van der Waals surface area contributed by atoms with Gasteiger partial charge in [-0.3, -0.25) is 14.4 Å². The number of carbonyl (C=O) groups excluding carboxylic acids is 3. The number of hydrogen-bond acceptors (Lipinski definition) is 8. The first kappa shape index (κ1) is 35.6. The molecule has 1 saturated heterocycles. The van der Waals surface area contributed by atoms with Gasteiger partial charge in [-0.15, -0.1) is 0 Å². The molecule has 3 aromatic rings. The fraction of sp³-hybridized carbons (Fsp3) is 0.550. The van der Waals surface area contributed by atoms with Gasteiger partial charge in [0, 0.05) is 51.4 Å². The lowest BCUT2D eigenvalue weighted by Gasteiger charge is -2.39. The molecule has 12 nitrogen and oxygen atoms in total. The Bertz CT molecular complexity index is 1910. The van der Waals surface area contributed by atoms with Gasteiger partial charge in [0.1, 0.15) is 6.04 Å². The van der Waals surface area contributed by atoms with Crippen LogP contribution in [0.4, 0.5) is 0 Å². The third-order valence-electron chi connectivity index (χ3n) is 11.7. The number of hydrogen-bond donors (Lipinski definition) is 1. The van der Waals surface area contributed by atoms with Crippen LogP contribution in [0.3, 0.4) is 0 Å². The van der Waals surface area contributed by atoms with Crippen LogP contribution in [-0.2, 0) is 23.1 Å². The van der Waals surface area contributed by atoms with Gasteiger partial charge >= 0.3 is 5.76 Å². The van der Waals surface area contributed by atoms with Crippen molar-refractivity contribution in [3.8, 4) is 6.07 Å². The molecule has 2 saturated carbocycles. The molecule has 0 bridgehead atoms. The van der Waals surface area contributed by atoms with Crippen LogP contribution in [0.5, 0.6) is 0 Å². The zero-order valence-electron chi connectivity index (χ0n) is 30.9. The van der Waals surface area contributed by atoms with Crippen LogP contribution in [-0.4, -0.2) is 95.0 Å². The summed E-state index contributed by atoms with van der Waals surface area (Å²) in [6.07, 6.45) is 8.14. The highest BCUT2D eigenvalue weighted by Crippen LogP contribution is 2.50. The summed E-state index contributed by atoms with van der Waals surface area (Å²) in [5, 5.41) is 13.2. The van der Waals surface area contributed by atoms with Crippen LogP contribution in [0.2, 0.25) is 0 Å². The van der Waals surface area contributed by atoms with E-state index in [1.54, 1.807) is 47.6 Å². The fourth-order valence-corrected chi connectivity index (χ4v) is 9.13. The Kier molecular flexibility index (Phi) is 9.59. The Morgan fingerprint density at radius 3 is 2.12 bits per heavy atom. The Hall–Kier alpha value is -4.76. The summed E-state index contributed by atoms with van der Waals surface area (Å²) in [6.45, 7) is 2.10. The molecule has 3 amide bonds. The Morgan fingerprint density at radius 2 is 1.56 bits per heavy atom. The van der Waals surface area contributed by atoms with Crippen LogP contribution < -0.4 is 11.1 Å². The molecule has 7 rings (SSSR count). The van der Waals surface area contributed by atoms with Crippen molar-refractivity contribution in [3.05, 3.63) is 86.2 Å². The zero-order valence-corrected chi connectivity index (χ0v) is 30.9. The van der Waals surface area contributed by atoms with Crippen LogP contribution in [0.1, 0.15) is 113 Å². The van der Waals surface area contributed by atoms with E-state index < -0.39 is 17.2 Å². The number of amides is 3. The van der Waals surface area contributed by atoms with E-state index in [0.29, 0.717) is 42.1 Å².